The number of aryl methyl sites for hydroxylation is 1. The van der Waals surface area contributed by atoms with E-state index in [9.17, 15) is 0 Å². The number of benzene rings is 2. The van der Waals surface area contributed by atoms with Crippen LogP contribution in [0.15, 0.2) is 49.0 Å². The summed E-state index contributed by atoms with van der Waals surface area (Å²) in [4.78, 5) is 0. The predicted molar refractivity (Wildman–Crippen MR) is 77.2 cm³/mol. The molecule has 0 atom stereocenters. The molecule has 0 aliphatic carbocycles. The van der Waals surface area contributed by atoms with Gasteiger partial charge in [-0.3, -0.25) is 0 Å². The first-order valence-electron chi connectivity index (χ1n) is 6.33. The molecule has 3 rings (SSSR count). The van der Waals surface area contributed by atoms with Gasteiger partial charge in [-0.2, -0.15) is 0 Å². The number of rotatable bonds is 0. The van der Waals surface area contributed by atoms with Crippen molar-refractivity contribution in [1.82, 2.24) is 0 Å². The van der Waals surface area contributed by atoms with Gasteiger partial charge < -0.3 is 4.74 Å². The molecular weight excluding hydrogens is 220 g/mol. The first-order chi connectivity index (χ1) is 8.75. The van der Waals surface area contributed by atoms with E-state index in [1.807, 2.05) is 44.2 Å². The molecule has 0 saturated carbocycles. The Morgan fingerprint density at radius 3 is 2.33 bits per heavy atom. The molecule has 1 heterocycles. The topological polar surface area (TPSA) is 9.23 Å². The van der Waals surface area contributed by atoms with Crippen molar-refractivity contribution in [3.8, 4) is 11.5 Å². The summed E-state index contributed by atoms with van der Waals surface area (Å²) in [5.41, 5.74) is 4.45. The fourth-order valence-corrected chi connectivity index (χ4v) is 2.04. The van der Waals surface area contributed by atoms with Crippen LogP contribution in [0, 0.1) is 6.92 Å². The molecule has 2 aromatic rings. The molecule has 0 aromatic heterocycles. The molecule has 0 bridgehead atoms. The average Bonchev–Trinajstić information content (AvgIpc) is 2.42. The van der Waals surface area contributed by atoms with E-state index in [2.05, 4.69) is 25.6 Å². The van der Waals surface area contributed by atoms with Crippen LogP contribution in [0.4, 0.5) is 0 Å². The van der Waals surface area contributed by atoms with E-state index in [1.165, 1.54) is 5.56 Å². The molecule has 0 radical (unpaired) electrons. The van der Waals surface area contributed by atoms with Gasteiger partial charge in [0.15, 0.2) is 0 Å². The van der Waals surface area contributed by atoms with Crippen LogP contribution in [0.2, 0.25) is 0 Å². The number of para-hydroxylation sites is 1. The largest absolute Gasteiger partial charge is 0.456 e. The molecule has 0 saturated heterocycles. The normalized spacial score (nSPS) is 11.6. The summed E-state index contributed by atoms with van der Waals surface area (Å²) in [5, 5.41) is 0. The number of hydrogen-bond donors (Lipinski definition) is 0. The molecular formula is C17H18O. The van der Waals surface area contributed by atoms with E-state index in [0.717, 1.165) is 28.2 Å². The quantitative estimate of drug-likeness (QED) is 0.523. The van der Waals surface area contributed by atoms with Gasteiger partial charge in [-0.15, -0.1) is 0 Å². The van der Waals surface area contributed by atoms with Crippen LogP contribution in [0.3, 0.4) is 0 Å². The fraction of sp³-hybridized carbons (Fsp3) is 0.176. The van der Waals surface area contributed by atoms with Gasteiger partial charge in [0.1, 0.15) is 11.5 Å². The summed E-state index contributed by atoms with van der Waals surface area (Å²) < 4.78 is 5.84. The van der Waals surface area contributed by atoms with Gasteiger partial charge in [0.05, 0.1) is 0 Å². The molecule has 18 heavy (non-hydrogen) atoms. The van der Waals surface area contributed by atoms with Gasteiger partial charge in [0, 0.05) is 11.1 Å². The van der Waals surface area contributed by atoms with Crippen molar-refractivity contribution in [2.24, 2.45) is 0 Å². The highest BCUT2D eigenvalue weighted by molar-refractivity contribution is 5.86. The molecule has 2 aromatic carbocycles. The standard InChI is InChI=1S/C15H12O.C2H6/c1-10-7-8-15-13(9-10)11(2)12-5-3-4-6-14(12)16-15;1-2/h3-9H,2H2,1H3;1-2H3. The summed E-state index contributed by atoms with van der Waals surface area (Å²) in [6.45, 7) is 10.2. The van der Waals surface area contributed by atoms with Crippen molar-refractivity contribution in [1.29, 1.82) is 0 Å². The summed E-state index contributed by atoms with van der Waals surface area (Å²) in [7, 11) is 0. The summed E-state index contributed by atoms with van der Waals surface area (Å²) in [6.07, 6.45) is 0. The van der Waals surface area contributed by atoms with Gasteiger partial charge in [-0.1, -0.05) is 50.3 Å². The van der Waals surface area contributed by atoms with E-state index in [-0.39, 0.29) is 0 Å². The molecule has 0 fully saturated rings. The van der Waals surface area contributed by atoms with Gasteiger partial charge in [-0.25, -0.2) is 0 Å². The lowest BCUT2D eigenvalue weighted by molar-refractivity contribution is 0.474. The minimum absolute atomic E-state index is 0.892. The lowest BCUT2D eigenvalue weighted by atomic mass is 9.94. The molecule has 0 unspecified atom stereocenters. The maximum absolute atomic E-state index is 5.84. The molecule has 0 N–H and O–H groups in total. The second kappa shape index (κ2) is 5.09. The maximum atomic E-state index is 5.84. The molecule has 0 amide bonds. The Kier molecular flexibility index (Phi) is 3.52. The third-order valence-corrected chi connectivity index (χ3v) is 2.89. The fourth-order valence-electron chi connectivity index (χ4n) is 2.04. The van der Waals surface area contributed by atoms with E-state index in [0.29, 0.717) is 0 Å². The Balaban J connectivity index is 0.000000574. The second-order valence-corrected chi connectivity index (χ2v) is 4.08. The van der Waals surface area contributed by atoms with Crippen LogP contribution in [0.1, 0.15) is 30.5 Å². The first kappa shape index (κ1) is 12.4. The summed E-state index contributed by atoms with van der Waals surface area (Å²) in [6, 6.07) is 14.2. The lowest BCUT2D eigenvalue weighted by Gasteiger charge is -2.22. The Bertz CT molecular complexity index is 582. The number of ether oxygens (including phenoxy) is 1. The Hall–Kier alpha value is -2.02. The smallest absolute Gasteiger partial charge is 0.135 e. The van der Waals surface area contributed by atoms with Crippen molar-refractivity contribution in [2.75, 3.05) is 0 Å². The van der Waals surface area contributed by atoms with E-state index < -0.39 is 0 Å². The van der Waals surface area contributed by atoms with Crippen LogP contribution in [-0.2, 0) is 0 Å². The Labute approximate surface area is 109 Å². The van der Waals surface area contributed by atoms with Crippen LogP contribution in [0.25, 0.3) is 5.57 Å². The van der Waals surface area contributed by atoms with Crippen molar-refractivity contribution >= 4 is 5.57 Å². The molecule has 0 spiro atoms. The van der Waals surface area contributed by atoms with Crippen molar-refractivity contribution in [2.45, 2.75) is 20.8 Å². The second-order valence-electron chi connectivity index (χ2n) is 4.08. The number of hydrogen-bond acceptors (Lipinski definition) is 1. The third kappa shape index (κ3) is 2.04. The van der Waals surface area contributed by atoms with Crippen molar-refractivity contribution in [3.05, 3.63) is 65.7 Å². The molecule has 1 heteroatoms. The Morgan fingerprint density at radius 2 is 1.56 bits per heavy atom. The zero-order valence-electron chi connectivity index (χ0n) is 11.2. The maximum Gasteiger partial charge on any atom is 0.135 e. The number of fused-ring (bicyclic) bond motifs is 2. The Morgan fingerprint density at radius 1 is 0.889 bits per heavy atom. The molecule has 1 nitrogen and oxygen atoms in total. The van der Waals surface area contributed by atoms with Gasteiger partial charge in [-0.05, 0) is 30.7 Å². The highest BCUT2D eigenvalue weighted by Gasteiger charge is 2.19. The summed E-state index contributed by atoms with van der Waals surface area (Å²) in [5.74, 6) is 1.79. The van der Waals surface area contributed by atoms with E-state index >= 15 is 0 Å². The monoisotopic (exact) mass is 238 g/mol. The van der Waals surface area contributed by atoms with Crippen LogP contribution < -0.4 is 4.74 Å². The van der Waals surface area contributed by atoms with Crippen LogP contribution >= 0.6 is 0 Å². The SMILES string of the molecule is C=C1c2ccccc2Oc2ccc(C)cc21.CC. The van der Waals surface area contributed by atoms with Crippen molar-refractivity contribution < 1.29 is 4.74 Å². The van der Waals surface area contributed by atoms with E-state index in [4.69, 9.17) is 4.74 Å². The average molecular weight is 238 g/mol. The third-order valence-electron chi connectivity index (χ3n) is 2.89. The zero-order chi connectivity index (χ0) is 13.1. The zero-order valence-corrected chi connectivity index (χ0v) is 11.2. The van der Waals surface area contributed by atoms with E-state index in [1.54, 1.807) is 0 Å². The minimum Gasteiger partial charge on any atom is -0.456 e. The van der Waals surface area contributed by atoms with Gasteiger partial charge in [0.25, 0.3) is 0 Å². The van der Waals surface area contributed by atoms with Crippen LogP contribution in [-0.4, -0.2) is 0 Å². The lowest BCUT2D eigenvalue weighted by Crippen LogP contribution is -2.01. The molecule has 1 aliphatic heterocycles. The van der Waals surface area contributed by atoms with Crippen LogP contribution in [0.5, 0.6) is 11.5 Å². The van der Waals surface area contributed by atoms with Gasteiger partial charge in [0.2, 0.25) is 0 Å². The minimum atomic E-state index is 0.892. The first-order valence-corrected chi connectivity index (χ1v) is 6.33. The van der Waals surface area contributed by atoms with Crippen molar-refractivity contribution in [3.63, 3.8) is 0 Å². The molecule has 1 aliphatic rings. The molecule has 92 valence electrons. The van der Waals surface area contributed by atoms with Gasteiger partial charge >= 0.3 is 0 Å². The predicted octanol–water partition coefficient (Wildman–Crippen LogP) is 5.19. The highest BCUT2D eigenvalue weighted by Crippen LogP contribution is 2.42. The highest BCUT2D eigenvalue weighted by atomic mass is 16.5. The summed E-state index contributed by atoms with van der Waals surface area (Å²) >= 11 is 0.